The summed E-state index contributed by atoms with van der Waals surface area (Å²) in [6.45, 7) is 49.5. The Balaban J connectivity index is 9.47. The van der Waals surface area contributed by atoms with E-state index in [1.807, 2.05) is 0 Å². The van der Waals surface area contributed by atoms with Gasteiger partial charge in [-0.2, -0.15) is 11.1 Å². The van der Waals surface area contributed by atoms with Gasteiger partial charge in [0.1, 0.15) is 5.94 Å². The summed E-state index contributed by atoms with van der Waals surface area (Å²) in [4.78, 5) is 0. The van der Waals surface area contributed by atoms with Crippen LogP contribution in [-0.4, -0.2) is 47.4 Å². The highest BCUT2D eigenvalue weighted by molar-refractivity contribution is 8.18. The van der Waals surface area contributed by atoms with Gasteiger partial charge in [-0.05, 0) is 0 Å². The van der Waals surface area contributed by atoms with Crippen molar-refractivity contribution in [1.29, 1.82) is 0 Å². The molecule has 0 aromatic rings. The molecule has 0 unspecified atom stereocenters. The van der Waals surface area contributed by atoms with Gasteiger partial charge in [-0.1, -0.05) is 181 Å². The van der Waals surface area contributed by atoms with Gasteiger partial charge in [0.2, 0.25) is 0 Å². The maximum atomic E-state index is 9.42. The van der Waals surface area contributed by atoms with Crippen molar-refractivity contribution in [3.05, 3.63) is 0 Å². The molecule has 0 spiro atoms. The van der Waals surface area contributed by atoms with Crippen LogP contribution in [0.3, 0.4) is 0 Å². The van der Waals surface area contributed by atoms with Gasteiger partial charge in [0.25, 0.3) is 0 Å². The lowest BCUT2D eigenvalue weighted by atomic mass is 10.5. The maximum Gasteiger partial charge on any atom is 0.131 e. The minimum absolute atomic E-state index is 0.275. The molecule has 0 nitrogen and oxygen atoms in total. The van der Waals surface area contributed by atoms with Crippen LogP contribution in [0.2, 0.25) is 70.5 Å². The molecule has 9 heteroatoms. The Labute approximate surface area is 261 Å². The van der Waals surface area contributed by atoms with Gasteiger partial charge in [-0.3, -0.25) is 0 Å². The number of rotatable bonds is 14. The van der Waals surface area contributed by atoms with E-state index in [1.165, 1.54) is 0 Å². The monoisotopic (exact) mass is 690 g/mol. The number of halogens is 3. The zero-order valence-corrected chi connectivity index (χ0v) is 37.6. The van der Waals surface area contributed by atoms with Gasteiger partial charge in [-0.25, -0.2) is 0 Å². The molecule has 0 radical (unpaired) electrons. The van der Waals surface area contributed by atoms with E-state index in [0.717, 1.165) is 0 Å². The van der Waals surface area contributed by atoms with Crippen molar-refractivity contribution >= 4 is 77.2 Å². The van der Waals surface area contributed by atoms with E-state index < -0.39 is 42.9 Å². The Bertz CT molecular complexity index is 677. The van der Waals surface area contributed by atoms with Gasteiger partial charge in [-0.15, -0.1) is 23.2 Å². The lowest BCUT2D eigenvalue weighted by molar-refractivity contribution is 0.904. The van der Waals surface area contributed by atoms with Crippen molar-refractivity contribution in [3.8, 4) is 0 Å². The van der Waals surface area contributed by atoms with Crippen molar-refractivity contribution in [3.63, 3.8) is 0 Å². The lowest BCUT2D eigenvalue weighted by Gasteiger charge is -2.75. The maximum absolute atomic E-state index is 9.42. The fourth-order valence-electron chi connectivity index (χ4n) is 9.45. The molecule has 0 aliphatic carbocycles. The highest BCUT2D eigenvalue weighted by Crippen LogP contribution is 2.65. The molecule has 0 amide bonds. The van der Waals surface area contributed by atoms with Crippen molar-refractivity contribution in [2.24, 2.45) is 0 Å². The third-order valence-electron chi connectivity index (χ3n) is 13.6. The number of alkyl halides is 2. The van der Waals surface area contributed by atoms with Crippen molar-refractivity contribution in [1.82, 2.24) is 0 Å². The van der Waals surface area contributed by atoms with Gasteiger partial charge >= 0.3 is 0 Å². The molecule has 0 fully saturated rings. The molecule has 0 rings (SSSR count). The standard InChI is InChI=1S/C29H69Cl3Si6/c1-21(2)33(17,22(3)4)37(29(30)31,34(18,23(5)6)24(7)8)38(32,35(19,25(9)10)26(11)12)36(20,27(13)14)28(15)16/h21-29H,1-20H3. The highest BCUT2D eigenvalue weighted by atomic mass is 35.6. The Hall–Kier alpha value is 2.17. The first-order valence-electron chi connectivity index (χ1n) is 15.7. The second-order valence-electron chi connectivity index (χ2n) is 16.1. The Morgan fingerprint density at radius 1 is 0.342 bits per heavy atom. The summed E-state index contributed by atoms with van der Waals surface area (Å²) in [6.07, 6.45) is 0. The van der Waals surface area contributed by atoms with Gasteiger partial charge in [0.15, 0.2) is 0 Å². The van der Waals surface area contributed by atoms with Crippen LogP contribution in [-0.2, 0) is 0 Å². The van der Waals surface area contributed by atoms with Crippen LogP contribution in [0.5, 0.6) is 0 Å². The van der Waals surface area contributed by atoms with Crippen molar-refractivity contribution in [2.45, 2.75) is 186 Å². The molecular formula is C29H69Cl3Si6. The van der Waals surface area contributed by atoms with Crippen molar-refractivity contribution < 1.29 is 0 Å². The summed E-state index contributed by atoms with van der Waals surface area (Å²) in [5, 5.41) is 0. The van der Waals surface area contributed by atoms with E-state index in [0.29, 0.717) is 44.3 Å². The van der Waals surface area contributed by atoms with E-state index in [-0.39, 0.29) is 4.46 Å². The third kappa shape index (κ3) is 5.15. The molecule has 0 N–H and O–H groups in total. The van der Waals surface area contributed by atoms with Crippen LogP contribution in [0.25, 0.3) is 0 Å². The van der Waals surface area contributed by atoms with Gasteiger partial charge in [0.05, 0.1) is 26.3 Å². The molecule has 0 aromatic heterocycles. The van der Waals surface area contributed by atoms with E-state index in [9.17, 15) is 11.1 Å². The molecular weight excluding hydrogens is 623 g/mol. The van der Waals surface area contributed by atoms with Crippen molar-refractivity contribution in [2.75, 3.05) is 0 Å². The fraction of sp³-hybridized carbons (Fsp3) is 1.00. The molecule has 0 aliphatic heterocycles. The minimum atomic E-state index is -2.63. The predicted molar refractivity (Wildman–Crippen MR) is 200 cm³/mol. The first-order valence-corrected chi connectivity index (χ1v) is 37.3. The zero-order chi connectivity index (χ0) is 31.2. The van der Waals surface area contributed by atoms with E-state index in [2.05, 4.69) is 137 Å². The van der Waals surface area contributed by atoms with Crippen LogP contribution in [0, 0.1) is 0 Å². The summed E-state index contributed by atoms with van der Waals surface area (Å²) in [5.41, 5.74) is 5.02. The van der Waals surface area contributed by atoms with Crippen LogP contribution < -0.4 is 0 Å². The predicted octanol–water partition coefficient (Wildman–Crippen LogP) is 12.9. The normalized spacial score (nSPS) is 15.8. The minimum Gasteiger partial charge on any atom is -0.178 e. The highest BCUT2D eigenvalue weighted by Gasteiger charge is 2.85. The van der Waals surface area contributed by atoms with Crippen LogP contribution in [0.4, 0.5) is 0 Å². The van der Waals surface area contributed by atoms with Gasteiger partial charge < -0.3 is 0 Å². The summed E-state index contributed by atoms with van der Waals surface area (Å²) < 4.78 is -0.275. The quantitative estimate of drug-likeness (QED) is 0.0966. The SMILES string of the molecule is CC(C)[Si](C)(C(C)C)[Si](Cl)([Si](C)(C(C)C)C(C)C)[Si](C(Cl)Cl)([Si](C)(C(C)C)C(C)C)[Si](C)(C(C)C)C(C)C. The average molecular weight is 693 g/mol. The second-order valence-corrected chi connectivity index (χ2v) is 81.3. The van der Waals surface area contributed by atoms with Crippen LogP contribution >= 0.6 is 34.3 Å². The first kappa shape index (κ1) is 40.2. The average Bonchev–Trinajstić information content (AvgIpc) is 2.75. The van der Waals surface area contributed by atoms with Crippen LogP contribution in [0.1, 0.15) is 111 Å². The summed E-state index contributed by atoms with van der Waals surface area (Å²) >= 11 is 25.3. The van der Waals surface area contributed by atoms with E-state index in [1.54, 1.807) is 0 Å². The summed E-state index contributed by atoms with van der Waals surface area (Å²) in [6, 6.07) is 0. The molecule has 0 heterocycles. The van der Waals surface area contributed by atoms with Gasteiger partial charge in [0, 0.05) is 15.2 Å². The molecule has 0 aromatic carbocycles. The van der Waals surface area contributed by atoms with E-state index in [4.69, 9.17) is 23.2 Å². The topological polar surface area (TPSA) is 0 Å². The van der Waals surface area contributed by atoms with E-state index >= 15 is 0 Å². The first-order chi connectivity index (χ1) is 16.7. The molecule has 0 aliphatic rings. The Morgan fingerprint density at radius 2 is 0.500 bits per heavy atom. The second kappa shape index (κ2) is 13.4. The molecule has 0 bridgehead atoms. The lowest BCUT2D eigenvalue weighted by Crippen LogP contribution is -3.02. The third-order valence-corrected chi connectivity index (χ3v) is 160. The zero-order valence-electron chi connectivity index (χ0n) is 29.3. The fourth-order valence-corrected chi connectivity index (χ4v) is 257. The summed E-state index contributed by atoms with van der Waals surface area (Å²) in [5.74, 6) is -2.63. The molecule has 230 valence electrons. The summed E-state index contributed by atoms with van der Waals surface area (Å²) in [7, 11) is -8.40. The molecule has 0 saturated carbocycles. The molecule has 38 heavy (non-hydrogen) atoms. The Morgan fingerprint density at radius 3 is 0.605 bits per heavy atom. The number of hydrogen-bond donors (Lipinski definition) is 0. The largest absolute Gasteiger partial charge is 0.178 e. The molecule has 0 atom stereocenters. The smallest absolute Gasteiger partial charge is 0.131 e. The Kier molecular flexibility index (Phi) is 14.2. The van der Waals surface area contributed by atoms with Crippen LogP contribution in [0.15, 0.2) is 0 Å². The molecule has 0 saturated heterocycles. The number of hydrogen-bond acceptors (Lipinski definition) is 0.